The van der Waals surface area contributed by atoms with Gasteiger partial charge in [0.15, 0.2) is 0 Å². The summed E-state index contributed by atoms with van der Waals surface area (Å²) in [7, 11) is 0. The minimum atomic E-state index is 0.571. The fourth-order valence-corrected chi connectivity index (χ4v) is 4.45. The fraction of sp³-hybridized carbons (Fsp3) is 0.231. The van der Waals surface area contributed by atoms with Crippen molar-refractivity contribution < 1.29 is 0 Å². The highest BCUT2D eigenvalue weighted by Gasteiger charge is 2.14. The molecule has 2 nitrogen and oxygen atoms in total. The maximum atomic E-state index is 6.36. The number of thiophene rings is 2. The number of fused-ring (bicyclic) bond motifs is 1. The molecule has 3 rings (SSSR count). The van der Waals surface area contributed by atoms with Crippen molar-refractivity contribution in [1.82, 2.24) is 9.97 Å². The van der Waals surface area contributed by atoms with Gasteiger partial charge in [-0.2, -0.15) is 11.8 Å². The molecule has 6 heteroatoms. The van der Waals surface area contributed by atoms with Crippen molar-refractivity contribution in [3.63, 3.8) is 0 Å². The summed E-state index contributed by atoms with van der Waals surface area (Å²) in [6.45, 7) is 2.13. The average Bonchev–Trinajstić information content (AvgIpc) is 3.04. The molecular weight excluding hydrogens is 316 g/mol. The summed E-state index contributed by atoms with van der Waals surface area (Å²) in [6.07, 6.45) is 0. The molecule has 0 bridgehead atoms. The molecule has 0 unspecified atom stereocenters. The summed E-state index contributed by atoms with van der Waals surface area (Å²) in [5.74, 6) is 2.70. The molecule has 0 aromatic carbocycles. The van der Waals surface area contributed by atoms with Crippen LogP contribution in [0, 0.1) is 0 Å². The quantitative estimate of drug-likeness (QED) is 0.606. The summed E-state index contributed by atoms with van der Waals surface area (Å²) in [4.78, 5) is 11.2. The third kappa shape index (κ3) is 2.65. The summed E-state index contributed by atoms with van der Waals surface area (Å²) in [5, 5.41) is 5.74. The lowest BCUT2D eigenvalue weighted by Gasteiger charge is -2.02. The van der Waals surface area contributed by atoms with Gasteiger partial charge < -0.3 is 0 Å². The Labute approximate surface area is 128 Å². The molecule has 0 N–H and O–H groups in total. The van der Waals surface area contributed by atoms with Crippen LogP contribution in [0.4, 0.5) is 0 Å². The Kier molecular flexibility index (Phi) is 4.07. The normalized spacial score (nSPS) is 11.3. The Balaban J connectivity index is 2.09. The molecule has 3 aromatic heterocycles. The third-order valence-corrected chi connectivity index (χ3v) is 5.58. The first-order valence-corrected chi connectivity index (χ1v) is 9.14. The number of rotatable bonds is 4. The molecule has 0 fully saturated rings. The first kappa shape index (κ1) is 13.4. The molecule has 0 saturated heterocycles. The van der Waals surface area contributed by atoms with Crippen LogP contribution in [0.2, 0.25) is 5.15 Å². The molecule has 0 saturated carbocycles. The monoisotopic (exact) mass is 326 g/mol. The number of hydrogen-bond donors (Lipinski definition) is 0. The van der Waals surface area contributed by atoms with Crippen LogP contribution in [0.1, 0.15) is 12.7 Å². The van der Waals surface area contributed by atoms with Crippen molar-refractivity contribution in [3.05, 3.63) is 33.9 Å². The van der Waals surface area contributed by atoms with Crippen molar-refractivity contribution in [2.75, 3.05) is 5.75 Å². The Morgan fingerprint density at radius 2 is 2.21 bits per heavy atom. The third-order valence-electron chi connectivity index (χ3n) is 2.66. The van der Waals surface area contributed by atoms with Gasteiger partial charge in [0.05, 0.1) is 11.1 Å². The summed E-state index contributed by atoms with van der Waals surface area (Å²) in [5.41, 5.74) is 1.15. The minimum Gasteiger partial charge on any atom is -0.221 e. The zero-order valence-electron chi connectivity index (χ0n) is 10.2. The summed E-state index contributed by atoms with van der Waals surface area (Å²) in [6, 6.07) is 4.15. The first-order valence-electron chi connectivity index (χ1n) is 5.85. The van der Waals surface area contributed by atoms with E-state index >= 15 is 0 Å². The SMILES string of the molecule is CCSCc1nc(Cl)c2c(-c3cccs3)csc2n1. The maximum Gasteiger partial charge on any atom is 0.142 e. The van der Waals surface area contributed by atoms with E-state index in [0.29, 0.717) is 5.15 Å². The van der Waals surface area contributed by atoms with Gasteiger partial charge in [0, 0.05) is 15.8 Å². The van der Waals surface area contributed by atoms with E-state index in [1.54, 1.807) is 34.4 Å². The molecule has 0 amide bonds. The van der Waals surface area contributed by atoms with E-state index in [1.165, 1.54) is 4.88 Å². The van der Waals surface area contributed by atoms with Crippen LogP contribution >= 0.6 is 46.0 Å². The van der Waals surface area contributed by atoms with Gasteiger partial charge in [0.2, 0.25) is 0 Å². The second kappa shape index (κ2) is 5.79. The van der Waals surface area contributed by atoms with Gasteiger partial charge in [-0.15, -0.1) is 22.7 Å². The molecule has 0 aliphatic heterocycles. The van der Waals surface area contributed by atoms with E-state index in [4.69, 9.17) is 11.6 Å². The predicted octanol–water partition coefficient (Wildman–Crippen LogP) is 5.33. The van der Waals surface area contributed by atoms with Crippen LogP contribution in [0.25, 0.3) is 20.7 Å². The molecule has 0 aliphatic rings. The summed E-state index contributed by atoms with van der Waals surface area (Å²) >= 11 is 11.5. The van der Waals surface area contributed by atoms with Crippen LogP contribution < -0.4 is 0 Å². The topological polar surface area (TPSA) is 25.8 Å². The Hall–Kier alpha value is -0.620. The second-order valence-corrected chi connectivity index (χ2v) is 7.31. The van der Waals surface area contributed by atoms with E-state index in [-0.39, 0.29) is 0 Å². The van der Waals surface area contributed by atoms with Crippen molar-refractivity contribution in [3.8, 4) is 10.4 Å². The van der Waals surface area contributed by atoms with Crippen LogP contribution in [-0.2, 0) is 5.75 Å². The average molecular weight is 327 g/mol. The Bertz CT molecular complexity index is 691. The standard InChI is InChI=1S/C13H11ClN2S3/c1-2-17-7-10-15-12(14)11-8(6-19-13(11)16-10)9-4-3-5-18-9/h3-6H,2,7H2,1H3. The lowest BCUT2D eigenvalue weighted by atomic mass is 10.2. The fourth-order valence-electron chi connectivity index (χ4n) is 1.81. The minimum absolute atomic E-state index is 0.571. The van der Waals surface area contributed by atoms with Crippen LogP contribution in [0.5, 0.6) is 0 Å². The van der Waals surface area contributed by atoms with Gasteiger partial charge in [-0.25, -0.2) is 9.97 Å². The highest BCUT2D eigenvalue weighted by Crippen LogP contribution is 2.38. The number of hydrogen-bond acceptors (Lipinski definition) is 5. The number of aromatic nitrogens is 2. The van der Waals surface area contributed by atoms with E-state index in [0.717, 1.165) is 33.1 Å². The van der Waals surface area contributed by atoms with Crippen LogP contribution in [-0.4, -0.2) is 15.7 Å². The molecule has 0 aliphatic carbocycles. The van der Waals surface area contributed by atoms with Gasteiger partial charge >= 0.3 is 0 Å². The lowest BCUT2D eigenvalue weighted by Crippen LogP contribution is -1.93. The van der Waals surface area contributed by atoms with E-state index < -0.39 is 0 Å². The molecule has 3 heterocycles. The van der Waals surface area contributed by atoms with E-state index in [1.807, 2.05) is 6.07 Å². The van der Waals surface area contributed by atoms with Crippen LogP contribution in [0.15, 0.2) is 22.9 Å². The molecule has 98 valence electrons. The Morgan fingerprint density at radius 1 is 1.32 bits per heavy atom. The molecule has 0 radical (unpaired) electrons. The van der Waals surface area contributed by atoms with Gasteiger partial charge in [-0.1, -0.05) is 24.6 Å². The lowest BCUT2D eigenvalue weighted by molar-refractivity contribution is 1.08. The molecule has 0 spiro atoms. The van der Waals surface area contributed by atoms with Crippen LogP contribution in [0.3, 0.4) is 0 Å². The zero-order valence-corrected chi connectivity index (χ0v) is 13.4. The van der Waals surface area contributed by atoms with Crippen molar-refractivity contribution >= 4 is 56.3 Å². The maximum absolute atomic E-state index is 6.36. The van der Waals surface area contributed by atoms with E-state index in [2.05, 4.69) is 33.7 Å². The Morgan fingerprint density at radius 3 is 2.95 bits per heavy atom. The highest BCUT2D eigenvalue weighted by molar-refractivity contribution is 7.98. The number of nitrogens with zero attached hydrogens (tertiary/aromatic N) is 2. The van der Waals surface area contributed by atoms with Gasteiger partial charge in [0.1, 0.15) is 15.8 Å². The van der Waals surface area contributed by atoms with Crippen molar-refractivity contribution in [2.24, 2.45) is 0 Å². The van der Waals surface area contributed by atoms with Gasteiger partial charge in [0.25, 0.3) is 0 Å². The molecule has 0 atom stereocenters. The predicted molar refractivity (Wildman–Crippen MR) is 87.6 cm³/mol. The molecule has 3 aromatic rings. The second-order valence-electron chi connectivity index (χ2n) is 3.87. The first-order chi connectivity index (χ1) is 9.29. The zero-order chi connectivity index (χ0) is 13.2. The summed E-state index contributed by atoms with van der Waals surface area (Å²) < 4.78 is 0. The highest BCUT2D eigenvalue weighted by atomic mass is 35.5. The number of halogens is 1. The molecular formula is C13H11ClN2S3. The van der Waals surface area contributed by atoms with Crippen molar-refractivity contribution in [2.45, 2.75) is 12.7 Å². The van der Waals surface area contributed by atoms with Gasteiger partial charge in [-0.3, -0.25) is 0 Å². The largest absolute Gasteiger partial charge is 0.221 e. The number of thioether (sulfide) groups is 1. The van der Waals surface area contributed by atoms with Gasteiger partial charge in [-0.05, 0) is 17.2 Å². The molecule has 19 heavy (non-hydrogen) atoms. The smallest absolute Gasteiger partial charge is 0.142 e. The van der Waals surface area contributed by atoms with E-state index in [9.17, 15) is 0 Å². The van der Waals surface area contributed by atoms with Crippen molar-refractivity contribution in [1.29, 1.82) is 0 Å².